The Morgan fingerprint density at radius 1 is 1.15 bits per heavy atom. The summed E-state index contributed by atoms with van der Waals surface area (Å²) in [6.45, 7) is 1.85. The molecule has 0 saturated heterocycles. The van der Waals surface area contributed by atoms with Gasteiger partial charge in [-0.2, -0.15) is 0 Å². The zero-order valence-electron chi connectivity index (χ0n) is 13.4. The van der Waals surface area contributed by atoms with E-state index in [-0.39, 0.29) is 12.2 Å². The van der Waals surface area contributed by atoms with Gasteiger partial charge in [0.15, 0.2) is 0 Å². The number of nitro benzene ring substituents is 1. The van der Waals surface area contributed by atoms with Crippen LogP contribution in [0.15, 0.2) is 35.7 Å². The fourth-order valence-electron chi connectivity index (χ4n) is 1.34. The molecule has 10 heteroatoms. The molecule has 0 saturated carbocycles. The molecule has 128 valence electrons. The molecule has 1 heterocycles. The van der Waals surface area contributed by atoms with Gasteiger partial charge in [-0.3, -0.25) is 20.1 Å². The molecule has 0 radical (unpaired) electrons. The van der Waals surface area contributed by atoms with Gasteiger partial charge < -0.3 is 0 Å². The summed E-state index contributed by atoms with van der Waals surface area (Å²) in [4.78, 5) is 34.4. The van der Waals surface area contributed by atoms with E-state index in [1.807, 2.05) is 0 Å². The van der Waals surface area contributed by atoms with Gasteiger partial charge in [-0.15, -0.1) is 0 Å². The lowest BCUT2D eigenvalue weighted by Gasteiger charge is -1.94. The van der Waals surface area contributed by atoms with Crippen molar-refractivity contribution in [1.82, 2.24) is 9.97 Å². The number of fused-ring (bicyclic) bond motifs is 1. The van der Waals surface area contributed by atoms with Crippen molar-refractivity contribution in [3.63, 3.8) is 0 Å². The third-order valence-electron chi connectivity index (χ3n) is 2.28. The second-order valence-electron chi connectivity index (χ2n) is 3.80. The first-order chi connectivity index (χ1) is 12.7. The van der Waals surface area contributed by atoms with Gasteiger partial charge in [0.1, 0.15) is 0 Å². The molecule has 0 unspecified atom stereocenters. The van der Waals surface area contributed by atoms with Crippen molar-refractivity contribution >= 4 is 16.7 Å². The molecule has 0 aliphatic heterocycles. The Morgan fingerprint density at radius 3 is 2.42 bits per heavy atom. The van der Waals surface area contributed by atoms with Crippen molar-refractivity contribution in [3.8, 4) is 35.5 Å². The zero-order valence-corrected chi connectivity index (χ0v) is 13.4. The van der Waals surface area contributed by atoms with Gasteiger partial charge in [-0.1, -0.05) is 17.0 Å². The summed E-state index contributed by atoms with van der Waals surface area (Å²) in [6.07, 6.45) is 3.06. The SMILES string of the molecule is CC#CC#CC#CCN=[N+]=[N-].O=O.O=[N+]([O-])c1ccc2nccnc2c1. The molecule has 0 atom stereocenters. The smallest absolute Gasteiger partial charge is 0.258 e. The van der Waals surface area contributed by atoms with E-state index in [1.54, 1.807) is 19.2 Å². The highest BCUT2D eigenvalue weighted by Gasteiger charge is 2.05. The van der Waals surface area contributed by atoms with Crippen LogP contribution in [0.5, 0.6) is 0 Å². The monoisotopic (exact) mass is 350 g/mol. The summed E-state index contributed by atoms with van der Waals surface area (Å²) < 4.78 is 0. The Balaban J connectivity index is 0.000000446. The van der Waals surface area contributed by atoms with Crippen LogP contribution in [0.3, 0.4) is 0 Å². The Morgan fingerprint density at radius 2 is 1.81 bits per heavy atom. The lowest BCUT2D eigenvalue weighted by molar-refractivity contribution is -0.384. The predicted molar refractivity (Wildman–Crippen MR) is 95.9 cm³/mol. The minimum absolute atomic E-state index is 0.0352. The number of azide groups is 1. The molecule has 2 aromatic rings. The van der Waals surface area contributed by atoms with Gasteiger partial charge in [0.2, 0.25) is 0 Å². The molecule has 26 heavy (non-hydrogen) atoms. The molecule has 10 nitrogen and oxygen atoms in total. The Bertz CT molecular complexity index is 982. The van der Waals surface area contributed by atoms with Crippen molar-refractivity contribution in [2.45, 2.75) is 6.92 Å². The topological polar surface area (TPSA) is 152 Å². The van der Waals surface area contributed by atoms with Gasteiger partial charge in [-0.25, -0.2) is 0 Å². The van der Waals surface area contributed by atoms with Crippen molar-refractivity contribution in [2.24, 2.45) is 5.11 Å². The molecule has 0 fully saturated rings. The minimum Gasteiger partial charge on any atom is -0.258 e. The second kappa shape index (κ2) is 14.2. The summed E-state index contributed by atoms with van der Waals surface area (Å²) in [5.41, 5.74) is 9.07. The van der Waals surface area contributed by atoms with Crippen LogP contribution in [-0.2, 0) is 0 Å². The summed E-state index contributed by atoms with van der Waals surface area (Å²) in [5, 5.41) is 13.6. The van der Waals surface area contributed by atoms with Crippen molar-refractivity contribution < 1.29 is 4.92 Å². The van der Waals surface area contributed by atoms with E-state index in [2.05, 4.69) is 55.5 Å². The number of rotatable bonds is 2. The molecule has 0 spiro atoms. The van der Waals surface area contributed by atoms with Gasteiger partial charge >= 0.3 is 0 Å². The van der Waals surface area contributed by atoms with Crippen LogP contribution in [0, 0.1) is 55.6 Å². The Kier molecular flexibility index (Phi) is 11.7. The van der Waals surface area contributed by atoms with E-state index in [4.69, 9.17) is 15.5 Å². The van der Waals surface area contributed by atoms with E-state index >= 15 is 0 Å². The standard InChI is InChI=1S/C8H5N3O2.C8H5N3.O2/c12-11(13)6-1-2-7-8(5-6)10-4-3-9-7;1-2-3-4-5-6-7-8-10-11-9;1-2/h1-5H;8H2,1H3;. The third kappa shape index (κ3) is 8.86. The van der Waals surface area contributed by atoms with Gasteiger partial charge in [0, 0.05) is 39.4 Å². The summed E-state index contributed by atoms with van der Waals surface area (Å²) in [6, 6.07) is 4.40. The predicted octanol–water partition coefficient (Wildman–Crippen LogP) is 2.93. The van der Waals surface area contributed by atoms with E-state index in [1.165, 1.54) is 18.3 Å². The average Bonchev–Trinajstić information content (AvgIpc) is 2.69. The largest absolute Gasteiger partial charge is 0.271 e. The van der Waals surface area contributed by atoms with Crippen LogP contribution in [0.2, 0.25) is 0 Å². The maximum absolute atomic E-state index is 10.4. The number of benzene rings is 1. The number of nitro groups is 1. The van der Waals surface area contributed by atoms with Gasteiger partial charge in [-0.05, 0) is 42.2 Å². The van der Waals surface area contributed by atoms with E-state index in [0.717, 1.165) is 0 Å². The summed E-state index contributed by atoms with van der Waals surface area (Å²) >= 11 is 0. The lowest BCUT2D eigenvalue weighted by Crippen LogP contribution is -1.89. The first kappa shape index (κ1) is 21.6. The quantitative estimate of drug-likeness (QED) is 0.203. The van der Waals surface area contributed by atoms with Crippen LogP contribution in [0.4, 0.5) is 5.69 Å². The fraction of sp³-hybridized carbons (Fsp3) is 0.125. The summed E-state index contributed by atoms with van der Waals surface area (Å²) in [7, 11) is 0. The average molecular weight is 350 g/mol. The lowest BCUT2D eigenvalue weighted by atomic mass is 10.3. The minimum atomic E-state index is -0.450. The maximum Gasteiger partial charge on any atom is 0.271 e. The number of non-ortho nitro benzene ring substituents is 1. The number of aromatic nitrogens is 2. The molecular formula is C16H10N6O4. The normalized spacial score (nSPS) is 7.27. The molecule has 0 N–H and O–H groups in total. The molecule has 0 aliphatic carbocycles. The van der Waals surface area contributed by atoms with Crippen molar-refractivity contribution in [3.05, 3.63) is 61.1 Å². The first-order valence-electron chi connectivity index (χ1n) is 6.61. The molecule has 2 rings (SSSR count). The van der Waals surface area contributed by atoms with Crippen LogP contribution >= 0.6 is 0 Å². The number of nitrogens with zero attached hydrogens (tertiary/aromatic N) is 6. The first-order valence-corrected chi connectivity index (χ1v) is 6.61. The summed E-state index contributed by atoms with van der Waals surface area (Å²) in [5.74, 6) is 15.1. The van der Waals surface area contributed by atoms with Crippen molar-refractivity contribution in [2.75, 3.05) is 6.54 Å². The molecule has 1 aromatic heterocycles. The molecular weight excluding hydrogens is 340 g/mol. The van der Waals surface area contributed by atoms with Crippen LogP contribution in [0.25, 0.3) is 21.5 Å². The molecule has 0 amide bonds. The highest BCUT2D eigenvalue weighted by Crippen LogP contribution is 2.16. The highest BCUT2D eigenvalue weighted by atomic mass is 16.7. The Labute approximate surface area is 147 Å². The molecule has 0 aliphatic rings. The van der Waals surface area contributed by atoms with E-state index in [9.17, 15) is 10.1 Å². The fourth-order valence-corrected chi connectivity index (χ4v) is 1.34. The number of hydrogen-bond acceptors (Lipinski definition) is 7. The molecule has 1 aromatic carbocycles. The maximum atomic E-state index is 10.4. The zero-order chi connectivity index (χ0) is 19.6. The highest BCUT2D eigenvalue weighted by molar-refractivity contribution is 5.76. The second-order valence-corrected chi connectivity index (χ2v) is 3.80. The van der Waals surface area contributed by atoms with Gasteiger partial charge in [0.05, 0.1) is 22.5 Å². The number of hydrogen-bond donors (Lipinski definition) is 0. The molecule has 0 bridgehead atoms. The van der Waals surface area contributed by atoms with Crippen LogP contribution in [0.1, 0.15) is 6.92 Å². The third-order valence-corrected chi connectivity index (χ3v) is 2.28. The van der Waals surface area contributed by atoms with E-state index in [0.29, 0.717) is 11.0 Å². The van der Waals surface area contributed by atoms with Gasteiger partial charge in [0.25, 0.3) is 5.69 Å². The van der Waals surface area contributed by atoms with E-state index < -0.39 is 4.92 Å². The van der Waals surface area contributed by atoms with Crippen molar-refractivity contribution in [1.29, 1.82) is 0 Å². The van der Waals surface area contributed by atoms with Crippen LogP contribution in [-0.4, -0.2) is 21.4 Å². The Hall–Kier alpha value is -4.45. The van der Waals surface area contributed by atoms with Crippen LogP contribution < -0.4 is 0 Å².